The van der Waals surface area contributed by atoms with Gasteiger partial charge in [-0.25, -0.2) is 4.39 Å². The van der Waals surface area contributed by atoms with Crippen molar-refractivity contribution in [3.63, 3.8) is 0 Å². The Bertz CT molecular complexity index is 799. The highest BCUT2D eigenvalue weighted by atomic mass is 35.5. The fourth-order valence-electron chi connectivity index (χ4n) is 3.20. The van der Waals surface area contributed by atoms with Crippen molar-refractivity contribution in [3.05, 3.63) is 58.9 Å². The lowest BCUT2D eigenvalue weighted by atomic mass is 9.97. The van der Waals surface area contributed by atoms with Gasteiger partial charge < -0.3 is 15.0 Å². The number of ether oxygens (including phenoxy) is 1. The molecule has 1 heterocycles. The van der Waals surface area contributed by atoms with E-state index in [-0.39, 0.29) is 22.6 Å². The molecule has 0 aromatic heterocycles. The van der Waals surface area contributed by atoms with Crippen molar-refractivity contribution in [2.24, 2.45) is 5.92 Å². The lowest BCUT2D eigenvalue weighted by molar-refractivity contribution is 0.0640. The molecule has 0 spiro atoms. The van der Waals surface area contributed by atoms with Crippen molar-refractivity contribution in [3.8, 4) is 5.75 Å². The molecule has 2 aromatic rings. The van der Waals surface area contributed by atoms with Crippen LogP contribution in [0.1, 0.15) is 23.7 Å². The van der Waals surface area contributed by atoms with Gasteiger partial charge in [-0.3, -0.25) is 4.79 Å². The molecule has 2 aromatic carbocycles. The Labute approximate surface area is 157 Å². The number of carbonyl (C=O) groups excluding carboxylic acids is 1. The topological polar surface area (TPSA) is 41.6 Å². The van der Waals surface area contributed by atoms with Crippen LogP contribution in [0.25, 0.3) is 0 Å². The van der Waals surface area contributed by atoms with Gasteiger partial charge in [0.2, 0.25) is 0 Å². The minimum Gasteiger partial charge on any atom is -0.490 e. The number of carbonyl (C=O) groups is 1. The number of likely N-dealkylation sites (tertiary alicyclic amines) is 1. The minimum absolute atomic E-state index is 0.0788. The summed E-state index contributed by atoms with van der Waals surface area (Å²) in [6.07, 6.45) is 1.13. The fraction of sp³-hybridized carbons (Fsp3) is 0.350. The third-order valence-corrected chi connectivity index (χ3v) is 4.90. The summed E-state index contributed by atoms with van der Waals surface area (Å²) in [4.78, 5) is 14.7. The van der Waals surface area contributed by atoms with Gasteiger partial charge in [-0.05, 0) is 43.8 Å². The van der Waals surface area contributed by atoms with Crippen LogP contribution < -0.4 is 10.1 Å². The van der Waals surface area contributed by atoms with E-state index in [1.54, 1.807) is 12.1 Å². The highest BCUT2D eigenvalue weighted by molar-refractivity contribution is 6.34. The number of nitrogens with one attached hydrogen (secondary N) is 1. The number of halogens is 2. The van der Waals surface area contributed by atoms with Gasteiger partial charge in [-0.2, -0.15) is 0 Å². The summed E-state index contributed by atoms with van der Waals surface area (Å²) in [7, 11) is 2.11. The van der Waals surface area contributed by atoms with Gasteiger partial charge in [0.1, 0.15) is 17.7 Å². The number of amides is 1. The van der Waals surface area contributed by atoms with Crippen LogP contribution in [0.3, 0.4) is 0 Å². The van der Waals surface area contributed by atoms with Crippen LogP contribution in [-0.4, -0.2) is 37.0 Å². The van der Waals surface area contributed by atoms with Crippen molar-refractivity contribution in [2.45, 2.75) is 19.4 Å². The standard InChI is InChI=1S/C20H22ClFN2O2/c1-13-12-24(2)9-8-19(13)26-16-5-3-4-15(11-16)23-20(25)17-7-6-14(22)10-18(17)21/h3-7,10-11,13,19H,8-9,12H2,1-2H3,(H,23,25). The first kappa shape index (κ1) is 18.7. The average molecular weight is 377 g/mol. The SMILES string of the molecule is CC1CN(C)CCC1Oc1cccc(NC(=O)c2ccc(F)cc2Cl)c1. The molecule has 2 unspecified atom stereocenters. The summed E-state index contributed by atoms with van der Waals surface area (Å²) >= 11 is 5.95. The van der Waals surface area contributed by atoms with E-state index in [1.807, 2.05) is 12.1 Å². The third kappa shape index (κ3) is 4.54. The highest BCUT2D eigenvalue weighted by Gasteiger charge is 2.25. The maximum Gasteiger partial charge on any atom is 0.257 e. The molecule has 1 aliphatic rings. The summed E-state index contributed by atoms with van der Waals surface area (Å²) in [6, 6.07) is 11.0. The number of piperidine rings is 1. The second-order valence-electron chi connectivity index (χ2n) is 6.79. The van der Waals surface area contributed by atoms with Gasteiger partial charge in [-0.15, -0.1) is 0 Å². The number of hydrogen-bond acceptors (Lipinski definition) is 3. The maximum absolute atomic E-state index is 13.1. The number of rotatable bonds is 4. The molecule has 0 aliphatic carbocycles. The summed E-state index contributed by atoms with van der Waals surface area (Å²) in [5.74, 6) is 0.286. The number of benzene rings is 2. The molecule has 6 heteroatoms. The maximum atomic E-state index is 13.1. The van der Waals surface area contributed by atoms with Crippen molar-refractivity contribution in [1.82, 2.24) is 4.90 Å². The van der Waals surface area contributed by atoms with Crippen molar-refractivity contribution < 1.29 is 13.9 Å². The Hall–Kier alpha value is -2.11. The summed E-state index contributed by atoms with van der Waals surface area (Å²) < 4.78 is 19.3. The Morgan fingerprint density at radius 2 is 2.12 bits per heavy atom. The van der Waals surface area contributed by atoms with E-state index in [1.165, 1.54) is 12.1 Å². The fourth-order valence-corrected chi connectivity index (χ4v) is 3.45. The smallest absolute Gasteiger partial charge is 0.257 e. The van der Waals surface area contributed by atoms with Crippen molar-refractivity contribution >= 4 is 23.2 Å². The van der Waals surface area contributed by atoms with Crippen LogP contribution in [0.4, 0.5) is 10.1 Å². The zero-order valence-electron chi connectivity index (χ0n) is 14.8. The molecule has 138 valence electrons. The molecular formula is C20H22ClFN2O2. The molecule has 4 nitrogen and oxygen atoms in total. The molecular weight excluding hydrogens is 355 g/mol. The summed E-state index contributed by atoms with van der Waals surface area (Å²) in [5.41, 5.74) is 0.830. The quantitative estimate of drug-likeness (QED) is 0.857. The summed E-state index contributed by atoms with van der Waals surface area (Å²) in [6.45, 7) is 4.20. The third-order valence-electron chi connectivity index (χ3n) is 4.58. The average Bonchev–Trinajstić information content (AvgIpc) is 2.57. The largest absolute Gasteiger partial charge is 0.490 e. The second kappa shape index (κ2) is 8.06. The van der Waals surface area contributed by atoms with E-state index in [4.69, 9.17) is 16.3 Å². The van der Waals surface area contributed by atoms with E-state index in [0.29, 0.717) is 11.6 Å². The predicted octanol–water partition coefficient (Wildman–Crippen LogP) is 4.45. The molecule has 1 N–H and O–H groups in total. The first-order chi connectivity index (χ1) is 12.4. The first-order valence-electron chi connectivity index (χ1n) is 8.64. The van der Waals surface area contributed by atoms with Crippen LogP contribution in [-0.2, 0) is 0 Å². The van der Waals surface area contributed by atoms with Gasteiger partial charge in [0.05, 0.1) is 10.6 Å². The van der Waals surface area contributed by atoms with Crippen LogP contribution in [0.2, 0.25) is 5.02 Å². The molecule has 0 radical (unpaired) electrons. The molecule has 0 bridgehead atoms. The molecule has 1 saturated heterocycles. The van der Waals surface area contributed by atoms with Gasteiger partial charge >= 0.3 is 0 Å². The number of anilines is 1. The monoisotopic (exact) mass is 376 g/mol. The van der Waals surface area contributed by atoms with Crippen LogP contribution in [0, 0.1) is 11.7 Å². The van der Waals surface area contributed by atoms with Crippen LogP contribution in [0.5, 0.6) is 5.75 Å². The minimum atomic E-state index is -0.478. The van der Waals surface area contributed by atoms with Crippen molar-refractivity contribution in [1.29, 1.82) is 0 Å². The zero-order valence-corrected chi connectivity index (χ0v) is 15.6. The predicted molar refractivity (Wildman–Crippen MR) is 101 cm³/mol. The van der Waals surface area contributed by atoms with E-state index in [9.17, 15) is 9.18 Å². The highest BCUT2D eigenvalue weighted by Crippen LogP contribution is 2.25. The molecule has 3 rings (SSSR count). The normalized spacial score (nSPS) is 20.6. The van der Waals surface area contributed by atoms with Crippen LogP contribution in [0.15, 0.2) is 42.5 Å². The van der Waals surface area contributed by atoms with E-state index < -0.39 is 5.82 Å². The van der Waals surface area contributed by atoms with Gasteiger partial charge in [-0.1, -0.05) is 24.6 Å². The zero-order chi connectivity index (χ0) is 18.7. The number of hydrogen-bond donors (Lipinski definition) is 1. The molecule has 0 saturated carbocycles. The Kier molecular flexibility index (Phi) is 5.79. The summed E-state index contributed by atoms with van der Waals surface area (Å²) in [5, 5.41) is 2.86. The lowest BCUT2D eigenvalue weighted by Crippen LogP contribution is -2.42. The van der Waals surface area contributed by atoms with E-state index in [0.717, 1.165) is 31.3 Å². The van der Waals surface area contributed by atoms with E-state index >= 15 is 0 Å². The van der Waals surface area contributed by atoms with Gasteiger partial charge in [0.15, 0.2) is 0 Å². The number of nitrogens with zero attached hydrogens (tertiary/aromatic N) is 1. The van der Waals surface area contributed by atoms with Gasteiger partial charge in [0.25, 0.3) is 5.91 Å². The molecule has 1 fully saturated rings. The van der Waals surface area contributed by atoms with Crippen molar-refractivity contribution in [2.75, 3.05) is 25.5 Å². The van der Waals surface area contributed by atoms with Crippen LogP contribution >= 0.6 is 11.6 Å². The molecule has 26 heavy (non-hydrogen) atoms. The Morgan fingerprint density at radius 3 is 2.85 bits per heavy atom. The molecule has 1 amide bonds. The second-order valence-corrected chi connectivity index (χ2v) is 7.20. The first-order valence-corrected chi connectivity index (χ1v) is 9.02. The Morgan fingerprint density at radius 1 is 1.31 bits per heavy atom. The molecule has 1 aliphatic heterocycles. The lowest BCUT2D eigenvalue weighted by Gasteiger charge is -2.34. The Balaban J connectivity index is 1.68. The molecule has 2 atom stereocenters. The van der Waals surface area contributed by atoms with Gasteiger partial charge in [0, 0.05) is 30.8 Å². The van der Waals surface area contributed by atoms with E-state index in [2.05, 4.69) is 24.2 Å².